The molecule has 0 spiro atoms. The molecule has 2 bridgehead atoms. The molecular weight excluding hydrogens is 417 g/mol. The van der Waals surface area contributed by atoms with Gasteiger partial charge in [-0.3, -0.25) is 4.79 Å². The van der Waals surface area contributed by atoms with Crippen LogP contribution in [0.25, 0.3) is 0 Å². The number of aromatic nitrogens is 2. The summed E-state index contributed by atoms with van der Waals surface area (Å²) >= 11 is 3.29. The molecule has 2 aromatic rings. The van der Waals surface area contributed by atoms with Gasteiger partial charge in [-0.25, -0.2) is 14.4 Å². The van der Waals surface area contributed by atoms with Gasteiger partial charge in [-0.1, -0.05) is 6.07 Å². The molecule has 0 radical (unpaired) electrons. The molecule has 2 aliphatic heterocycles. The summed E-state index contributed by atoms with van der Waals surface area (Å²) in [5.74, 6) is -0.493. The minimum atomic E-state index is -0.526. The van der Waals surface area contributed by atoms with Gasteiger partial charge < -0.3 is 14.4 Å². The fourth-order valence-electron chi connectivity index (χ4n) is 4.19. The van der Waals surface area contributed by atoms with E-state index in [1.165, 1.54) is 19.2 Å². The van der Waals surface area contributed by atoms with Crippen molar-refractivity contribution in [3.63, 3.8) is 0 Å². The highest BCUT2D eigenvalue weighted by molar-refractivity contribution is 9.10. The van der Waals surface area contributed by atoms with E-state index in [0.717, 1.165) is 23.7 Å². The van der Waals surface area contributed by atoms with Crippen LogP contribution in [0.3, 0.4) is 0 Å². The normalized spacial score (nSPS) is 23.5. The van der Waals surface area contributed by atoms with Gasteiger partial charge in [0.1, 0.15) is 0 Å². The first kappa shape index (κ1) is 18.2. The molecule has 2 saturated heterocycles. The highest BCUT2D eigenvalue weighted by atomic mass is 79.9. The van der Waals surface area contributed by atoms with Crippen molar-refractivity contribution in [3.8, 4) is 11.8 Å². The zero-order valence-electron chi connectivity index (χ0n) is 14.8. The predicted molar refractivity (Wildman–Crippen MR) is 99.3 cm³/mol. The van der Waals surface area contributed by atoms with E-state index < -0.39 is 5.82 Å². The number of rotatable bonds is 5. The number of ether oxygens (including phenoxy) is 2. The van der Waals surface area contributed by atoms with Crippen molar-refractivity contribution < 1.29 is 18.7 Å². The molecule has 2 fully saturated rings. The Labute approximate surface area is 164 Å². The van der Waals surface area contributed by atoms with Gasteiger partial charge in [-0.2, -0.15) is 0 Å². The molecule has 27 heavy (non-hydrogen) atoms. The Hall–Kier alpha value is -2.22. The van der Waals surface area contributed by atoms with Crippen LogP contribution in [0.2, 0.25) is 0 Å². The van der Waals surface area contributed by atoms with Crippen molar-refractivity contribution in [1.29, 1.82) is 0 Å². The second-order valence-corrected chi connectivity index (χ2v) is 7.74. The van der Waals surface area contributed by atoms with Crippen LogP contribution in [0, 0.1) is 11.7 Å². The minimum absolute atomic E-state index is 0.00450. The van der Waals surface area contributed by atoms with Crippen molar-refractivity contribution in [2.24, 2.45) is 5.92 Å². The fraction of sp³-hybridized carbons (Fsp3) is 0.421. The first-order chi connectivity index (χ1) is 13.1. The Morgan fingerprint density at radius 2 is 2.11 bits per heavy atom. The number of amides is 1. The molecule has 0 N–H and O–H groups in total. The molecule has 3 atom stereocenters. The minimum Gasteiger partial charge on any atom is -0.493 e. The van der Waals surface area contributed by atoms with Crippen LogP contribution in [-0.4, -0.2) is 46.6 Å². The molecule has 2 aliphatic rings. The standard InChI is InChI=1S/C19H19BrFN3O3/c1-26-17-14(3-2-4-15(17)21)18(25)24-13-5-6-16(24)11(7-13)10-27-19-22-8-12(20)9-23-19/h2-4,8-9,11,13,16H,5-7,10H2,1H3. The maximum Gasteiger partial charge on any atom is 0.316 e. The number of nitrogens with zero attached hydrogens (tertiary/aromatic N) is 3. The Morgan fingerprint density at radius 1 is 1.33 bits per heavy atom. The summed E-state index contributed by atoms with van der Waals surface area (Å²) < 4.78 is 25.6. The third-order valence-corrected chi connectivity index (χ3v) is 5.73. The Kier molecular flexibility index (Phi) is 4.99. The van der Waals surface area contributed by atoms with E-state index in [9.17, 15) is 9.18 Å². The maximum atomic E-state index is 14.0. The van der Waals surface area contributed by atoms with Crippen LogP contribution in [0.15, 0.2) is 35.1 Å². The third-order valence-electron chi connectivity index (χ3n) is 5.32. The number of hydrogen-bond acceptors (Lipinski definition) is 5. The van der Waals surface area contributed by atoms with Crippen LogP contribution < -0.4 is 9.47 Å². The average molecular weight is 436 g/mol. The van der Waals surface area contributed by atoms with Gasteiger partial charge in [-0.05, 0) is 47.3 Å². The van der Waals surface area contributed by atoms with Gasteiger partial charge in [0, 0.05) is 30.4 Å². The molecule has 3 heterocycles. The van der Waals surface area contributed by atoms with Crippen molar-refractivity contribution in [2.75, 3.05) is 13.7 Å². The summed E-state index contributed by atoms with van der Waals surface area (Å²) in [5, 5.41) is 0. The quantitative estimate of drug-likeness (QED) is 0.719. The van der Waals surface area contributed by atoms with E-state index in [1.807, 2.05) is 4.90 Å². The van der Waals surface area contributed by atoms with E-state index in [0.29, 0.717) is 12.6 Å². The fourth-order valence-corrected chi connectivity index (χ4v) is 4.39. The van der Waals surface area contributed by atoms with E-state index in [-0.39, 0.29) is 35.2 Å². The van der Waals surface area contributed by atoms with E-state index in [2.05, 4.69) is 25.9 Å². The molecule has 4 rings (SSSR count). The van der Waals surface area contributed by atoms with Crippen LogP contribution >= 0.6 is 15.9 Å². The second kappa shape index (κ2) is 7.42. The lowest BCUT2D eigenvalue weighted by Gasteiger charge is -2.25. The highest BCUT2D eigenvalue weighted by Gasteiger charge is 2.49. The number of para-hydroxylation sites is 1. The Morgan fingerprint density at radius 3 is 2.85 bits per heavy atom. The van der Waals surface area contributed by atoms with Crippen LogP contribution in [0.5, 0.6) is 11.8 Å². The topological polar surface area (TPSA) is 64.5 Å². The Balaban J connectivity index is 1.48. The van der Waals surface area contributed by atoms with E-state index in [4.69, 9.17) is 9.47 Å². The summed E-state index contributed by atoms with van der Waals surface area (Å²) in [7, 11) is 1.38. The van der Waals surface area contributed by atoms with Gasteiger partial charge in [-0.15, -0.1) is 0 Å². The lowest BCUT2D eigenvalue weighted by molar-refractivity contribution is 0.0705. The van der Waals surface area contributed by atoms with Gasteiger partial charge in [0.25, 0.3) is 5.91 Å². The summed E-state index contributed by atoms with van der Waals surface area (Å²) in [6, 6.07) is 4.99. The second-order valence-electron chi connectivity index (χ2n) is 6.82. The Bertz CT molecular complexity index is 849. The van der Waals surface area contributed by atoms with Crippen molar-refractivity contribution >= 4 is 21.8 Å². The zero-order valence-corrected chi connectivity index (χ0v) is 16.4. The first-order valence-electron chi connectivity index (χ1n) is 8.84. The highest BCUT2D eigenvalue weighted by Crippen LogP contribution is 2.43. The SMILES string of the molecule is COc1c(F)cccc1C(=O)N1C2CCC1C(COc1ncc(Br)cn1)C2. The number of carbonyl (C=O) groups excluding carboxylic acids is 1. The number of hydrogen-bond donors (Lipinski definition) is 0. The summed E-state index contributed by atoms with van der Waals surface area (Å²) in [6.07, 6.45) is 6.01. The number of halogens is 2. The molecule has 142 valence electrons. The molecule has 1 aromatic carbocycles. The molecule has 1 aromatic heterocycles. The van der Waals surface area contributed by atoms with Crippen molar-refractivity contribution in [1.82, 2.24) is 14.9 Å². The molecule has 8 heteroatoms. The van der Waals surface area contributed by atoms with Crippen LogP contribution in [0.1, 0.15) is 29.6 Å². The number of carbonyl (C=O) groups is 1. The molecule has 0 saturated carbocycles. The van der Waals surface area contributed by atoms with Gasteiger partial charge in [0.15, 0.2) is 11.6 Å². The molecule has 0 aliphatic carbocycles. The summed E-state index contributed by atoms with van der Waals surface area (Å²) in [6.45, 7) is 0.451. The predicted octanol–water partition coefficient (Wildman–Crippen LogP) is 3.46. The smallest absolute Gasteiger partial charge is 0.316 e. The van der Waals surface area contributed by atoms with Crippen LogP contribution in [-0.2, 0) is 0 Å². The molecule has 1 amide bonds. The van der Waals surface area contributed by atoms with Gasteiger partial charge >= 0.3 is 6.01 Å². The van der Waals surface area contributed by atoms with E-state index >= 15 is 0 Å². The summed E-state index contributed by atoms with van der Waals surface area (Å²) in [4.78, 5) is 23.2. The zero-order chi connectivity index (χ0) is 19.0. The third kappa shape index (κ3) is 3.38. The molecular formula is C19H19BrFN3O3. The first-order valence-corrected chi connectivity index (χ1v) is 9.63. The average Bonchev–Trinajstić information content (AvgIpc) is 3.24. The van der Waals surface area contributed by atoms with Gasteiger partial charge in [0.05, 0.1) is 23.8 Å². The lowest BCUT2D eigenvalue weighted by atomic mass is 9.90. The largest absolute Gasteiger partial charge is 0.493 e. The number of benzene rings is 1. The van der Waals surface area contributed by atoms with Gasteiger partial charge in [0.2, 0.25) is 0 Å². The lowest BCUT2D eigenvalue weighted by Crippen LogP contribution is -2.37. The monoisotopic (exact) mass is 435 g/mol. The molecule has 6 nitrogen and oxygen atoms in total. The van der Waals surface area contributed by atoms with Crippen LogP contribution in [0.4, 0.5) is 4.39 Å². The molecule has 3 unspecified atom stereocenters. The maximum absolute atomic E-state index is 14.0. The van der Waals surface area contributed by atoms with Crippen molar-refractivity contribution in [2.45, 2.75) is 31.3 Å². The van der Waals surface area contributed by atoms with Crippen molar-refractivity contribution in [3.05, 3.63) is 46.4 Å². The number of methoxy groups -OCH3 is 1. The van der Waals surface area contributed by atoms with E-state index in [1.54, 1.807) is 18.5 Å². The summed E-state index contributed by atoms with van der Waals surface area (Å²) in [5.41, 5.74) is 0.271. The number of fused-ring (bicyclic) bond motifs is 2.